The van der Waals surface area contributed by atoms with Gasteiger partial charge >= 0.3 is 11.9 Å². The van der Waals surface area contributed by atoms with Gasteiger partial charge in [-0.3, -0.25) is 24.2 Å². The van der Waals surface area contributed by atoms with Crippen LogP contribution in [0.5, 0.6) is 0 Å². The molecule has 0 spiro atoms. The van der Waals surface area contributed by atoms with Crippen molar-refractivity contribution in [3.05, 3.63) is 0 Å². The standard InChI is InChI=1S/C45H87N5O6/c1-5-9-13-22-30-38(28-11-7-3)43(53)55-36-26-20-16-15-19-25-34-48-42(52)40(33-35-49-45(46)47)50-41(51)32-24-18-17-21-27-37-56-44(54)39(29-12-8-4)31-23-14-10-6-2/h38-40H,5-37H2,1-4H3,(H,48,52)(H,50,51)(H4,46,47,49). The molecule has 2 amide bonds. The summed E-state index contributed by atoms with van der Waals surface area (Å²) in [7, 11) is 0. The third-order valence-corrected chi connectivity index (χ3v) is 10.6. The fourth-order valence-electron chi connectivity index (χ4n) is 6.92. The Morgan fingerprint density at radius 3 is 1.43 bits per heavy atom. The SMILES string of the molecule is CCCCCCC(CCCC)C(=O)OCCCCCCCCNC(=O)C(CCN=C(N)N)NC(=O)CCCCCCCOC(=O)C(CCCC)CCCCCC. The fourth-order valence-corrected chi connectivity index (χ4v) is 6.92. The van der Waals surface area contributed by atoms with Crippen LogP contribution in [0.25, 0.3) is 0 Å². The molecule has 0 saturated carbocycles. The van der Waals surface area contributed by atoms with Crippen molar-refractivity contribution in [3.8, 4) is 0 Å². The Morgan fingerprint density at radius 1 is 0.518 bits per heavy atom. The lowest BCUT2D eigenvalue weighted by Crippen LogP contribution is -2.47. The third-order valence-electron chi connectivity index (χ3n) is 10.6. The highest BCUT2D eigenvalue weighted by Gasteiger charge is 2.21. The van der Waals surface area contributed by atoms with Crippen LogP contribution in [-0.2, 0) is 28.7 Å². The molecule has 3 atom stereocenters. The molecule has 328 valence electrons. The smallest absolute Gasteiger partial charge is 0.308 e. The average Bonchev–Trinajstić information content (AvgIpc) is 3.18. The molecule has 6 N–H and O–H groups in total. The Bertz CT molecular complexity index is 1010. The molecule has 56 heavy (non-hydrogen) atoms. The quantitative estimate of drug-likeness (QED) is 0.0205. The Hall–Kier alpha value is -2.85. The predicted octanol–water partition coefficient (Wildman–Crippen LogP) is 9.57. The lowest BCUT2D eigenvalue weighted by Gasteiger charge is -2.18. The molecule has 0 radical (unpaired) electrons. The van der Waals surface area contributed by atoms with E-state index in [2.05, 4.69) is 43.3 Å². The zero-order valence-corrected chi connectivity index (χ0v) is 36.6. The molecule has 0 bridgehead atoms. The van der Waals surface area contributed by atoms with Gasteiger partial charge in [-0.2, -0.15) is 0 Å². The first-order valence-electron chi connectivity index (χ1n) is 23.2. The summed E-state index contributed by atoms with van der Waals surface area (Å²) in [4.78, 5) is 55.0. The number of esters is 2. The van der Waals surface area contributed by atoms with Crippen molar-refractivity contribution in [1.82, 2.24) is 10.6 Å². The van der Waals surface area contributed by atoms with Gasteiger partial charge in [0.2, 0.25) is 11.8 Å². The van der Waals surface area contributed by atoms with E-state index in [0.29, 0.717) is 32.6 Å². The van der Waals surface area contributed by atoms with Crippen LogP contribution in [0, 0.1) is 11.8 Å². The predicted molar refractivity (Wildman–Crippen MR) is 231 cm³/mol. The highest BCUT2D eigenvalue weighted by Crippen LogP contribution is 2.21. The number of ether oxygens (including phenoxy) is 2. The molecule has 0 aromatic rings. The highest BCUT2D eigenvalue weighted by molar-refractivity contribution is 5.87. The van der Waals surface area contributed by atoms with E-state index < -0.39 is 6.04 Å². The van der Waals surface area contributed by atoms with Crippen molar-refractivity contribution in [2.45, 2.75) is 220 Å². The van der Waals surface area contributed by atoms with Gasteiger partial charge in [0, 0.05) is 19.5 Å². The summed E-state index contributed by atoms with van der Waals surface area (Å²) >= 11 is 0. The maximum Gasteiger partial charge on any atom is 0.308 e. The number of carbonyl (C=O) groups is 4. The topological polar surface area (TPSA) is 175 Å². The number of unbranched alkanes of at least 4 members (excludes halogenated alkanes) is 17. The number of guanidine groups is 1. The summed E-state index contributed by atoms with van der Waals surface area (Å²) in [5.41, 5.74) is 11.0. The van der Waals surface area contributed by atoms with Crippen LogP contribution < -0.4 is 22.1 Å². The molecule has 0 rings (SSSR count). The van der Waals surface area contributed by atoms with Crippen LogP contribution in [0.15, 0.2) is 4.99 Å². The van der Waals surface area contributed by atoms with Crippen LogP contribution in [0.2, 0.25) is 0 Å². The molecule has 0 aliphatic carbocycles. The van der Waals surface area contributed by atoms with E-state index in [9.17, 15) is 19.2 Å². The lowest BCUT2D eigenvalue weighted by molar-refractivity contribution is -0.150. The number of nitrogens with zero attached hydrogens (tertiary/aromatic N) is 1. The van der Waals surface area contributed by atoms with Gasteiger partial charge < -0.3 is 31.6 Å². The van der Waals surface area contributed by atoms with E-state index in [1.165, 1.54) is 38.5 Å². The number of hydrogen-bond donors (Lipinski definition) is 4. The largest absolute Gasteiger partial charge is 0.465 e. The monoisotopic (exact) mass is 794 g/mol. The van der Waals surface area contributed by atoms with Gasteiger partial charge in [-0.05, 0) is 57.8 Å². The molecule has 0 fully saturated rings. The summed E-state index contributed by atoms with van der Waals surface area (Å²) in [5, 5.41) is 5.86. The maximum absolute atomic E-state index is 13.0. The number of amides is 2. The van der Waals surface area contributed by atoms with Gasteiger partial charge in [0.25, 0.3) is 0 Å². The van der Waals surface area contributed by atoms with Crippen LogP contribution in [0.3, 0.4) is 0 Å². The van der Waals surface area contributed by atoms with Crippen LogP contribution >= 0.6 is 0 Å². The number of nitrogens with two attached hydrogens (primary N) is 2. The average molecular weight is 794 g/mol. The van der Waals surface area contributed by atoms with Crippen molar-refractivity contribution in [3.63, 3.8) is 0 Å². The van der Waals surface area contributed by atoms with Crippen molar-refractivity contribution in [2.75, 3.05) is 26.3 Å². The number of carbonyl (C=O) groups excluding carboxylic acids is 4. The van der Waals surface area contributed by atoms with Gasteiger partial charge in [-0.25, -0.2) is 0 Å². The van der Waals surface area contributed by atoms with Crippen molar-refractivity contribution in [2.24, 2.45) is 28.3 Å². The first kappa shape index (κ1) is 53.1. The van der Waals surface area contributed by atoms with Crippen molar-refractivity contribution >= 4 is 29.7 Å². The first-order chi connectivity index (χ1) is 27.2. The van der Waals surface area contributed by atoms with E-state index in [1.54, 1.807) is 0 Å². The zero-order valence-electron chi connectivity index (χ0n) is 36.6. The van der Waals surface area contributed by atoms with Crippen molar-refractivity contribution < 1.29 is 28.7 Å². The second-order valence-electron chi connectivity index (χ2n) is 15.9. The summed E-state index contributed by atoms with van der Waals surface area (Å²) in [5.74, 6) is -0.398. The summed E-state index contributed by atoms with van der Waals surface area (Å²) < 4.78 is 11.3. The number of rotatable bonds is 40. The second kappa shape index (κ2) is 39.0. The van der Waals surface area contributed by atoms with Gasteiger partial charge in [0.15, 0.2) is 5.96 Å². The van der Waals surface area contributed by atoms with Gasteiger partial charge in [-0.1, -0.05) is 150 Å². The van der Waals surface area contributed by atoms with E-state index in [1.807, 2.05) is 0 Å². The molecule has 3 unspecified atom stereocenters. The highest BCUT2D eigenvalue weighted by atomic mass is 16.5. The minimum absolute atomic E-state index is 0.0136. The van der Waals surface area contributed by atoms with E-state index in [0.717, 1.165) is 135 Å². The number of aliphatic imine (C=N–C) groups is 1. The van der Waals surface area contributed by atoms with Crippen LogP contribution in [-0.4, -0.2) is 62.1 Å². The van der Waals surface area contributed by atoms with E-state index >= 15 is 0 Å². The molecule has 11 nitrogen and oxygen atoms in total. The third kappa shape index (κ3) is 32.3. The van der Waals surface area contributed by atoms with Gasteiger partial charge in [-0.15, -0.1) is 0 Å². The molecule has 11 heteroatoms. The summed E-state index contributed by atoms with van der Waals surface area (Å²) in [6.45, 7) is 10.5. The molecule has 0 aliphatic rings. The summed E-state index contributed by atoms with van der Waals surface area (Å²) in [6.07, 6.45) is 28.3. The Morgan fingerprint density at radius 2 is 0.946 bits per heavy atom. The Kier molecular flexibility index (Phi) is 37.0. The number of hydrogen-bond acceptors (Lipinski definition) is 7. The molecule has 0 saturated heterocycles. The van der Waals surface area contributed by atoms with Crippen LogP contribution in [0.4, 0.5) is 0 Å². The summed E-state index contributed by atoms with van der Waals surface area (Å²) in [6, 6.07) is -0.700. The van der Waals surface area contributed by atoms with Gasteiger partial charge in [0.1, 0.15) is 6.04 Å². The molecular formula is C45H87N5O6. The Balaban J connectivity index is 4.30. The molecule has 0 heterocycles. The zero-order chi connectivity index (χ0) is 41.5. The fraction of sp³-hybridized carbons (Fsp3) is 0.889. The lowest BCUT2D eigenvalue weighted by atomic mass is 9.95. The maximum atomic E-state index is 13.0. The number of nitrogens with one attached hydrogen (secondary N) is 2. The van der Waals surface area contributed by atoms with E-state index in [-0.39, 0.29) is 48.1 Å². The molecular weight excluding hydrogens is 707 g/mol. The second-order valence-corrected chi connectivity index (χ2v) is 15.9. The molecule has 0 aromatic carbocycles. The molecule has 0 aliphatic heterocycles. The van der Waals surface area contributed by atoms with Gasteiger partial charge in [0.05, 0.1) is 25.0 Å². The minimum Gasteiger partial charge on any atom is -0.465 e. The Labute approximate surface area is 342 Å². The van der Waals surface area contributed by atoms with Crippen LogP contribution in [0.1, 0.15) is 214 Å². The first-order valence-corrected chi connectivity index (χ1v) is 23.2. The van der Waals surface area contributed by atoms with Crippen molar-refractivity contribution in [1.29, 1.82) is 0 Å². The van der Waals surface area contributed by atoms with E-state index in [4.69, 9.17) is 20.9 Å². The molecule has 0 aromatic heterocycles. The normalized spacial score (nSPS) is 12.7. The minimum atomic E-state index is -0.700.